The lowest BCUT2D eigenvalue weighted by molar-refractivity contribution is -0.113. The molecule has 1 aromatic heterocycles. The molecule has 1 amide bonds. The van der Waals surface area contributed by atoms with Crippen LogP contribution in [-0.2, 0) is 4.79 Å². The number of nitrogens with two attached hydrogens (primary N) is 1. The summed E-state index contributed by atoms with van der Waals surface area (Å²) in [4.78, 5) is 12.8. The van der Waals surface area contributed by atoms with Crippen LogP contribution in [0.3, 0.4) is 0 Å². The highest BCUT2D eigenvalue weighted by molar-refractivity contribution is 9.10. The van der Waals surface area contributed by atoms with Gasteiger partial charge in [0.05, 0.1) is 0 Å². The summed E-state index contributed by atoms with van der Waals surface area (Å²) in [6.45, 7) is 0. The number of carbonyl (C=O) groups excluding carboxylic acids is 1. The Morgan fingerprint density at radius 2 is 2.12 bits per heavy atom. The molecule has 0 aliphatic rings. The van der Waals surface area contributed by atoms with Crippen LogP contribution in [0.1, 0.15) is 4.88 Å². The molecule has 86 valence electrons. The molecule has 0 aliphatic heterocycles. The molecule has 0 atom stereocenters. The number of hydrogen-bond donors (Lipinski definition) is 1. The highest BCUT2D eigenvalue weighted by atomic mass is 79.9. The monoisotopic (exact) mass is 307 g/mol. The molecular weight excluding hydrogens is 298 g/mol. The SMILES string of the molecule is NC(=O)/C=C/c1ccc(-c2cccc(Br)c2)s1. The summed E-state index contributed by atoms with van der Waals surface area (Å²) in [6, 6.07) is 12.1. The first-order valence-electron chi connectivity index (χ1n) is 4.98. The molecule has 2 nitrogen and oxygen atoms in total. The lowest BCUT2D eigenvalue weighted by Crippen LogP contribution is -2.04. The topological polar surface area (TPSA) is 43.1 Å². The van der Waals surface area contributed by atoms with E-state index < -0.39 is 5.91 Å². The molecule has 0 bridgehead atoms. The smallest absolute Gasteiger partial charge is 0.241 e. The first-order chi connectivity index (χ1) is 8.15. The Balaban J connectivity index is 2.27. The minimum Gasteiger partial charge on any atom is -0.366 e. The van der Waals surface area contributed by atoms with Gasteiger partial charge in [0.1, 0.15) is 0 Å². The first kappa shape index (κ1) is 12.1. The Hall–Kier alpha value is -1.39. The molecule has 0 unspecified atom stereocenters. The maximum atomic E-state index is 10.6. The zero-order valence-corrected chi connectivity index (χ0v) is 11.3. The van der Waals surface area contributed by atoms with Crippen LogP contribution in [-0.4, -0.2) is 5.91 Å². The van der Waals surface area contributed by atoms with Crippen molar-refractivity contribution in [3.8, 4) is 10.4 Å². The van der Waals surface area contributed by atoms with Gasteiger partial charge in [-0.05, 0) is 35.9 Å². The summed E-state index contributed by atoms with van der Waals surface area (Å²) in [5.41, 5.74) is 6.21. The Kier molecular flexibility index (Phi) is 3.76. The second-order valence-electron chi connectivity index (χ2n) is 3.45. The molecule has 2 rings (SSSR count). The van der Waals surface area contributed by atoms with Crippen molar-refractivity contribution in [2.75, 3.05) is 0 Å². The van der Waals surface area contributed by atoms with Gasteiger partial charge in [0, 0.05) is 20.3 Å². The zero-order chi connectivity index (χ0) is 12.3. The van der Waals surface area contributed by atoms with Gasteiger partial charge in [-0.1, -0.05) is 28.1 Å². The van der Waals surface area contributed by atoms with Crippen molar-refractivity contribution in [2.24, 2.45) is 5.73 Å². The standard InChI is InChI=1S/C13H10BrNOS/c14-10-3-1-2-9(8-10)12-6-4-11(17-12)5-7-13(15)16/h1-8H,(H2,15,16)/b7-5+. The van der Waals surface area contributed by atoms with Gasteiger partial charge in [0.25, 0.3) is 0 Å². The molecule has 0 saturated carbocycles. The second kappa shape index (κ2) is 5.29. The molecule has 0 aliphatic carbocycles. The van der Waals surface area contributed by atoms with E-state index in [-0.39, 0.29) is 0 Å². The number of benzene rings is 1. The highest BCUT2D eigenvalue weighted by Gasteiger charge is 2.01. The van der Waals surface area contributed by atoms with Crippen LogP contribution in [0.4, 0.5) is 0 Å². The lowest BCUT2D eigenvalue weighted by atomic mass is 10.2. The predicted molar refractivity (Wildman–Crippen MR) is 75.7 cm³/mol. The molecular formula is C13H10BrNOS. The largest absolute Gasteiger partial charge is 0.366 e. The first-order valence-corrected chi connectivity index (χ1v) is 6.59. The molecule has 4 heteroatoms. The maximum absolute atomic E-state index is 10.6. The van der Waals surface area contributed by atoms with Crippen molar-refractivity contribution in [2.45, 2.75) is 0 Å². The van der Waals surface area contributed by atoms with Crippen molar-refractivity contribution in [3.63, 3.8) is 0 Å². The summed E-state index contributed by atoms with van der Waals surface area (Å²) in [6.07, 6.45) is 3.10. The van der Waals surface area contributed by atoms with Crippen molar-refractivity contribution >= 4 is 39.2 Å². The molecule has 2 aromatic rings. The number of halogens is 1. The number of amides is 1. The van der Waals surface area contributed by atoms with Crippen LogP contribution in [0.2, 0.25) is 0 Å². The molecule has 0 saturated heterocycles. The molecule has 0 fully saturated rings. The zero-order valence-electron chi connectivity index (χ0n) is 8.89. The molecule has 0 radical (unpaired) electrons. The minimum absolute atomic E-state index is 0.428. The van der Waals surface area contributed by atoms with Gasteiger partial charge in [-0.15, -0.1) is 11.3 Å². The van der Waals surface area contributed by atoms with Gasteiger partial charge in [-0.25, -0.2) is 0 Å². The van der Waals surface area contributed by atoms with E-state index >= 15 is 0 Å². The van der Waals surface area contributed by atoms with Gasteiger partial charge in [-0.2, -0.15) is 0 Å². The fourth-order valence-electron chi connectivity index (χ4n) is 1.40. The van der Waals surface area contributed by atoms with Gasteiger partial charge < -0.3 is 5.73 Å². The predicted octanol–water partition coefficient (Wildman–Crippen LogP) is 3.68. The fraction of sp³-hybridized carbons (Fsp3) is 0. The summed E-state index contributed by atoms with van der Waals surface area (Å²) >= 11 is 5.07. The van der Waals surface area contributed by atoms with Crippen LogP contribution in [0, 0.1) is 0 Å². The van der Waals surface area contributed by atoms with Gasteiger partial charge in [-0.3, -0.25) is 4.79 Å². The van der Waals surface area contributed by atoms with E-state index in [4.69, 9.17) is 5.73 Å². The summed E-state index contributed by atoms with van der Waals surface area (Å²) in [7, 11) is 0. The molecule has 0 spiro atoms. The third kappa shape index (κ3) is 3.28. The number of carbonyl (C=O) groups is 1. The number of thiophene rings is 1. The Morgan fingerprint density at radius 3 is 2.82 bits per heavy atom. The Bertz CT molecular complexity index is 574. The fourth-order valence-corrected chi connectivity index (χ4v) is 2.71. The average molecular weight is 308 g/mol. The van der Waals surface area contributed by atoms with Crippen LogP contribution < -0.4 is 5.73 Å². The van der Waals surface area contributed by atoms with Gasteiger partial charge in [0.2, 0.25) is 5.91 Å². The molecule has 2 N–H and O–H groups in total. The Morgan fingerprint density at radius 1 is 1.29 bits per heavy atom. The normalized spacial score (nSPS) is 10.9. The van der Waals surface area contributed by atoms with Crippen LogP contribution in [0.25, 0.3) is 16.5 Å². The van der Waals surface area contributed by atoms with E-state index in [9.17, 15) is 4.79 Å². The van der Waals surface area contributed by atoms with E-state index in [1.54, 1.807) is 17.4 Å². The van der Waals surface area contributed by atoms with Crippen LogP contribution in [0.15, 0.2) is 46.9 Å². The third-order valence-corrected chi connectivity index (χ3v) is 3.74. The summed E-state index contributed by atoms with van der Waals surface area (Å²) in [5.74, 6) is -0.428. The van der Waals surface area contributed by atoms with Crippen LogP contribution in [0.5, 0.6) is 0 Å². The molecule has 1 heterocycles. The van der Waals surface area contributed by atoms with E-state index in [1.807, 2.05) is 24.3 Å². The van der Waals surface area contributed by atoms with Crippen molar-refractivity contribution < 1.29 is 4.79 Å². The third-order valence-electron chi connectivity index (χ3n) is 2.15. The van der Waals surface area contributed by atoms with Gasteiger partial charge >= 0.3 is 0 Å². The van der Waals surface area contributed by atoms with E-state index in [2.05, 4.69) is 28.1 Å². The summed E-state index contributed by atoms with van der Waals surface area (Å²) < 4.78 is 1.05. The molecule has 17 heavy (non-hydrogen) atoms. The molecule has 1 aromatic carbocycles. The van der Waals surface area contributed by atoms with Crippen molar-refractivity contribution in [1.29, 1.82) is 0 Å². The van der Waals surface area contributed by atoms with Crippen molar-refractivity contribution in [1.82, 2.24) is 0 Å². The van der Waals surface area contributed by atoms with E-state index in [0.29, 0.717) is 0 Å². The lowest BCUT2D eigenvalue weighted by Gasteiger charge is -1.97. The van der Waals surface area contributed by atoms with Crippen molar-refractivity contribution in [3.05, 3.63) is 51.8 Å². The Labute approximate surface area is 112 Å². The summed E-state index contributed by atoms with van der Waals surface area (Å²) in [5, 5.41) is 0. The van der Waals surface area contributed by atoms with Gasteiger partial charge in [0.15, 0.2) is 0 Å². The highest BCUT2D eigenvalue weighted by Crippen LogP contribution is 2.30. The van der Waals surface area contributed by atoms with Crippen LogP contribution >= 0.6 is 27.3 Å². The number of primary amides is 1. The van der Waals surface area contributed by atoms with E-state index in [0.717, 1.165) is 19.8 Å². The maximum Gasteiger partial charge on any atom is 0.241 e. The van der Waals surface area contributed by atoms with E-state index in [1.165, 1.54) is 6.08 Å². The number of hydrogen-bond acceptors (Lipinski definition) is 2. The minimum atomic E-state index is -0.428. The average Bonchev–Trinajstić information content (AvgIpc) is 2.75. The number of rotatable bonds is 3. The quantitative estimate of drug-likeness (QED) is 0.864. The second-order valence-corrected chi connectivity index (χ2v) is 5.48.